The Bertz CT molecular complexity index is 1850. The highest BCUT2D eigenvalue weighted by Gasteiger charge is 2.30. The first-order chi connectivity index (χ1) is 21.5. The fraction of sp³-hybridized carbons (Fsp3) is 0.206. The third-order valence-corrected chi connectivity index (χ3v) is 7.79. The van der Waals surface area contributed by atoms with Crippen molar-refractivity contribution in [3.63, 3.8) is 0 Å². The molecule has 4 aromatic rings. The minimum atomic E-state index is -1.10. The summed E-state index contributed by atoms with van der Waals surface area (Å²) in [6.45, 7) is 1.41. The topological polar surface area (TPSA) is 144 Å². The third-order valence-electron chi connectivity index (χ3n) is 7.55. The lowest BCUT2D eigenvalue weighted by Crippen LogP contribution is -2.34. The zero-order chi connectivity index (χ0) is 32.2. The molecule has 0 saturated heterocycles. The van der Waals surface area contributed by atoms with Crippen molar-refractivity contribution < 1.29 is 29.0 Å². The summed E-state index contributed by atoms with van der Waals surface area (Å²) in [7, 11) is 1.42. The van der Waals surface area contributed by atoms with Crippen LogP contribution < -0.4 is 20.9 Å². The number of pyridine rings is 1. The van der Waals surface area contributed by atoms with Crippen LogP contribution in [0.4, 0.5) is 11.4 Å². The summed E-state index contributed by atoms with van der Waals surface area (Å²) in [5, 5.41) is 15.2. The minimum absolute atomic E-state index is 0.0275. The van der Waals surface area contributed by atoms with Gasteiger partial charge >= 0.3 is 5.97 Å². The third kappa shape index (κ3) is 7.30. The van der Waals surface area contributed by atoms with E-state index in [9.17, 15) is 29.1 Å². The van der Waals surface area contributed by atoms with Crippen LogP contribution in [0, 0.1) is 5.92 Å². The van der Waals surface area contributed by atoms with Crippen LogP contribution >= 0.6 is 11.6 Å². The van der Waals surface area contributed by atoms with E-state index >= 15 is 0 Å². The molecule has 3 aromatic carbocycles. The number of amides is 2. The molecule has 2 amide bonds. The van der Waals surface area contributed by atoms with E-state index in [4.69, 9.17) is 16.3 Å². The smallest absolute Gasteiger partial charge is 0.335 e. The number of anilines is 2. The fourth-order valence-corrected chi connectivity index (χ4v) is 5.14. The molecule has 1 aliphatic rings. The van der Waals surface area contributed by atoms with Crippen molar-refractivity contribution in [2.75, 3.05) is 17.7 Å². The summed E-state index contributed by atoms with van der Waals surface area (Å²) in [6.07, 6.45) is 3.27. The van der Waals surface area contributed by atoms with E-state index in [1.54, 1.807) is 42.5 Å². The zero-order valence-corrected chi connectivity index (χ0v) is 25.3. The molecule has 0 bridgehead atoms. The Kier molecular flexibility index (Phi) is 9.15. The van der Waals surface area contributed by atoms with Crippen molar-refractivity contribution >= 4 is 46.5 Å². The minimum Gasteiger partial charge on any atom is -0.495 e. The van der Waals surface area contributed by atoms with Crippen molar-refractivity contribution in [1.29, 1.82) is 0 Å². The van der Waals surface area contributed by atoms with E-state index in [2.05, 4.69) is 10.6 Å². The second-order valence-electron chi connectivity index (χ2n) is 10.8. The van der Waals surface area contributed by atoms with Gasteiger partial charge in [0.15, 0.2) is 5.78 Å². The molecule has 0 radical (unpaired) electrons. The highest BCUT2D eigenvalue weighted by molar-refractivity contribution is 6.31. The fourth-order valence-electron chi connectivity index (χ4n) is 4.97. The first-order valence-electron chi connectivity index (χ1n) is 14.2. The van der Waals surface area contributed by atoms with Crippen molar-refractivity contribution in [3.05, 3.63) is 111 Å². The average molecular weight is 628 g/mol. The SMILES string of the molecule is COc1cn(C(Cc2ccc(NC(=O)C3CC3)cc2)C(=O)Nc2ccc(C(=O)O)cc2)c(=O)cc1-c1cc(Cl)ccc1C(C)=O. The van der Waals surface area contributed by atoms with E-state index in [1.807, 2.05) is 0 Å². The number of methoxy groups -OCH3 is 1. The number of carbonyl (C=O) groups is 4. The number of benzene rings is 3. The Balaban J connectivity index is 1.52. The molecule has 1 saturated carbocycles. The van der Waals surface area contributed by atoms with Crippen LogP contribution in [0.15, 0.2) is 83.8 Å². The van der Waals surface area contributed by atoms with E-state index < -0.39 is 23.5 Å². The summed E-state index contributed by atoms with van der Waals surface area (Å²) >= 11 is 6.24. The van der Waals surface area contributed by atoms with Crippen LogP contribution in [-0.4, -0.2) is 40.4 Å². The monoisotopic (exact) mass is 627 g/mol. The van der Waals surface area contributed by atoms with Gasteiger partial charge in [-0.2, -0.15) is 0 Å². The molecule has 1 aliphatic carbocycles. The number of aromatic nitrogens is 1. The lowest BCUT2D eigenvalue weighted by molar-refractivity contribution is -0.119. The maximum Gasteiger partial charge on any atom is 0.335 e. The summed E-state index contributed by atoms with van der Waals surface area (Å²) < 4.78 is 6.89. The zero-order valence-electron chi connectivity index (χ0n) is 24.5. The molecule has 3 N–H and O–H groups in total. The number of carboxylic acid groups (broad SMARTS) is 1. The predicted molar refractivity (Wildman–Crippen MR) is 170 cm³/mol. The summed E-state index contributed by atoms with van der Waals surface area (Å²) in [6, 6.07) is 17.6. The second kappa shape index (κ2) is 13.2. The Morgan fingerprint density at radius 1 is 0.933 bits per heavy atom. The molecule has 0 spiro atoms. The van der Waals surface area contributed by atoms with Crippen LogP contribution in [-0.2, 0) is 16.0 Å². The lowest BCUT2D eigenvalue weighted by atomic mass is 9.97. The number of hydrogen-bond acceptors (Lipinski definition) is 6. The maximum atomic E-state index is 13.8. The van der Waals surface area contributed by atoms with Gasteiger partial charge in [-0.15, -0.1) is 0 Å². The van der Waals surface area contributed by atoms with E-state index in [-0.39, 0.29) is 35.3 Å². The van der Waals surface area contributed by atoms with Crippen LogP contribution in [0.2, 0.25) is 5.02 Å². The molecule has 1 unspecified atom stereocenters. The van der Waals surface area contributed by atoms with Crippen LogP contribution in [0.25, 0.3) is 11.1 Å². The van der Waals surface area contributed by atoms with Gasteiger partial charge in [0, 0.05) is 45.9 Å². The Morgan fingerprint density at radius 3 is 2.18 bits per heavy atom. The first-order valence-corrected chi connectivity index (χ1v) is 14.6. The number of carboxylic acids is 1. The number of rotatable bonds is 11. The number of hydrogen-bond donors (Lipinski definition) is 3. The number of Topliss-reactive ketones (excluding diaryl/α,β-unsaturated/α-hetero) is 1. The standard InChI is InChI=1S/C34H30ClN3O7/c1-19(39)26-14-9-23(35)16-27(26)28-17-31(40)38(18-30(28)45-2)29(33(42)37-25-12-7-22(8-13-25)34(43)44)15-20-3-10-24(11-4-20)36-32(41)21-5-6-21/h3-4,7-14,16-18,21,29H,5-6,15H2,1-2H3,(H,36,41)(H,37,42)(H,43,44). The largest absolute Gasteiger partial charge is 0.495 e. The number of nitrogens with zero attached hydrogens (tertiary/aromatic N) is 1. The van der Waals surface area contributed by atoms with Gasteiger partial charge in [0.2, 0.25) is 11.8 Å². The molecule has 1 fully saturated rings. The Morgan fingerprint density at radius 2 is 1.58 bits per heavy atom. The quantitative estimate of drug-likeness (QED) is 0.177. The van der Waals surface area contributed by atoms with Gasteiger partial charge in [-0.25, -0.2) is 4.79 Å². The number of carbonyl (C=O) groups excluding carboxylic acids is 3. The van der Waals surface area contributed by atoms with Gasteiger partial charge in [-0.1, -0.05) is 23.7 Å². The normalized spacial score (nSPS) is 13.0. The molecule has 1 aromatic heterocycles. The molecule has 0 aliphatic heterocycles. The van der Waals surface area contributed by atoms with E-state index in [1.165, 1.54) is 55.1 Å². The maximum absolute atomic E-state index is 13.8. The summed E-state index contributed by atoms with van der Waals surface area (Å²) in [5.74, 6) is -1.61. The highest BCUT2D eigenvalue weighted by atomic mass is 35.5. The van der Waals surface area contributed by atoms with E-state index in [0.717, 1.165) is 12.8 Å². The molecule has 45 heavy (non-hydrogen) atoms. The van der Waals surface area contributed by atoms with Crippen molar-refractivity contribution in [2.45, 2.75) is 32.2 Å². The molecule has 1 heterocycles. The molecular weight excluding hydrogens is 598 g/mol. The molecule has 230 valence electrons. The van der Waals surface area contributed by atoms with Crippen molar-refractivity contribution in [2.24, 2.45) is 5.92 Å². The lowest BCUT2D eigenvalue weighted by Gasteiger charge is -2.22. The van der Waals surface area contributed by atoms with Crippen LogP contribution in [0.3, 0.4) is 0 Å². The van der Waals surface area contributed by atoms with Crippen molar-refractivity contribution in [1.82, 2.24) is 4.57 Å². The first kappa shape index (κ1) is 31.2. The highest BCUT2D eigenvalue weighted by Crippen LogP contribution is 2.34. The molecular formula is C34H30ClN3O7. The molecule has 11 heteroatoms. The molecule has 10 nitrogen and oxygen atoms in total. The predicted octanol–water partition coefficient (Wildman–Crippen LogP) is 5.85. The van der Waals surface area contributed by atoms with Crippen LogP contribution in [0.1, 0.15) is 52.1 Å². The Hall–Kier alpha value is -5.22. The van der Waals surface area contributed by atoms with Gasteiger partial charge in [-0.3, -0.25) is 23.7 Å². The van der Waals surface area contributed by atoms with Crippen molar-refractivity contribution in [3.8, 4) is 16.9 Å². The Labute approximate surface area is 263 Å². The van der Waals surface area contributed by atoms with Gasteiger partial charge in [0.05, 0.1) is 18.9 Å². The van der Waals surface area contributed by atoms with Gasteiger partial charge in [-0.05, 0) is 85.5 Å². The second-order valence-corrected chi connectivity index (χ2v) is 11.2. The number of ketones is 1. The van der Waals surface area contributed by atoms with Crippen LogP contribution in [0.5, 0.6) is 5.75 Å². The molecule has 1 atom stereocenters. The van der Waals surface area contributed by atoms with Gasteiger partial charge in [0.25, 0.3) is 5.56 Å². The average Bonchev–Trinajstić information content (AvgIpc) is 3.87. The molecule has 5 rings (SSSR count). The number of aromatic carboxylic acids is 1. The summed E-state index contributed by atoms with van der Waals surface area (Å²) in [5.41, 5.74) is 2.31. The number of ether oxygens (including phenoxy) is 1. The van der Waals surface area contributed by atoms with E-state index in [0.29, 0.717) is 38.7 Å². The summed E-state index contributed by atoms with van der Waals surface area (Å²) in [4.78, 5) is 63.3. The van der Waals surface area contributed by atoms with Gasteiger partial charge in [0.1, 0.15) is 11.8 Å². The number of nitrogens with one attached hydrogen (secondary N) is 2. The van der Waals surface area contributed by atoms with Gasteiger partial charge < -0.3 is 20.5 Å². The number of halogens is 1.